The van der Waals surface area contributed by atoms with Crippen LogP contribution in [0.15, 0.2) is 30.3 Å². The third-order valence-electron chi connectivity index (χ3n) is 2.58. The van der Waals surface area contributed by atoms with Crippen LogP contribution in [0.5, 0.6) is 0 Å². The van der Waals surface area contributed by atoms with Gasteiger partial charge >= 0.3 is 0 Å². The van der Waals surface area contributed by atoms with Gasteiger partial charge in [-0.15, -0.1) is 0 Å². The van der Waals surface area contributed by atoms with E-state index in [1.54, 1.807) is 0 Å². The number of hydrogen-bond acceptors (Lipinski definition) is 3. The predicted molar refractivity (Wildman–Crippen MR) is 70.6 cm³/mol. The Labute approximate surface area is 102 Å². The Morgan fingerprint density at radius 1 is 1.18 bits per heavy atom. The number of nitrogen functional groups attached to an aromatic ring is 1. The molecule has 2 N–H and O–H groups in total. The summed E-state index contributed by atoms with van der Waals surface area (Å²) in [6.45, 7) is 4.18. The van der Waals surface area contributed by atoms with Crippen molar-refractivity contribution in [3.05, 3.63) is 41.7 Å². The molecule has 88 valence electrons. The van der Waals surface area contributed by atoms with Crippen molar-refractivity contribution in [1.29, 1.82) is 0 Å². The first-order chi connectivity index (χ1) is 8.19. The second kappa shape index (κ2) is 4.95. The molecule has 0 aliphatic carbocycles. The van der Waals surface area contributed by atoms with Crippen molar-refractivity contribution < 1.29 is 0 Å². The molecule has 0 spiro atoms. The molecular weight excluding hydrogens is 210 g/mol. The van der Waals surface area contributed by atoms with Crippen LogP contribution in [0.1, 0.15) is 24.7 Å². The fourth-order valence-corrected chi connectivity index (χ4v) is 1.81. The first-order valence-electron chi connectivity index (χ1n) is 5.89. The van der Waals surface area contributed by atoms with Gasteiger partial charge in [-0.1, -0.05) is 30.7 Å². The Kier molecular flexibility index (Phi) is 3.38. The number of benzene rings is 1. The zero-order chi connectivity index (χ0) is 12.3. The summed E-state index contributed by atoms with van der Waals surface area (Å²) in [7, 11) is 0. The van der Waals surface area contributed by atoms with Crippen molar-refractivity contribution in [3.8, 4) is 11.3 Å². The third-order valence-corrected chi connectivity index (χ3v) is 2.58. The molecule has 0 aliphatic rings. The van der Waals surface area contributed by atoms with Crippen LogP contribution in [0.3, 0.4) is 0 Å². The molecule has 3 nitrogen and oxygen atoms in total. The first kappa shape index (κ1) is 11.6. The number of nitrogens with two attached hydrogens (primary N) is 1. The molecule has 2 aromatic rings. The highest BCUT2D eigenvalue weighted by atomic mass is 14.9. The van der Waals surface area contributed by atoms with Gasteiger partial charge in [0.1, 0.15) is 11.6 Å². The first-order valence-corrected chi connectivity index (χ1v) is 5.89. The number of aryl methyl sites for hydroxylation is 2. The molecule has 0 amide bonds. The van der Waals surface area contributed by atoms with E-state index in [-0.39, 0.29) is 0 Å². The summed E-state index contributed by atoms with van der Waals surface area (Å²) in [5.74, 6) is 1.36. The van der Waals surface area contributed by atoms with Crippen LogP contribution in [0.2, 0.25) is 0 Å². The van der Waals surface area contributed by atoms with Gasteiger partial charge < -0.3 is 5.73 Å². The average Bonchev–Trinajstić information content (AvgIpc) is 2.28. The fraction of sp³-hybridized carbons (Fsp3) is 0.286. The van der Waals surface area contributed by atoms with E-state index in [2.05, 4.69) is 35.9 Å². The number of nitrogens with zero attached hydrogens (tertiary/aromatic N) is 2. The molecule has 1 aromatic heterocycles. The molecule has 1 aromatic carbocycles. The van der Waals surface area contributed by atoms with E-state index in [9.17, 15) is 0 Å². The minimum Gasteiger partial charge on any atom is -0.384 e. The van der Waals surface area contributed by atoms with Gasteiger partial charge in [-0.25, -0.2) is 9.97 Å². The Morgan fingerprint density at radius 2 is 2.00 bits per heavy atom. The van der Waals surface area contributed by atoms with Crippen LogP contribution in [0.4, 0.5) is 5.82 Å². The quantitative estimate of drug-likeness (QED) is 0.877. The summed E-state index contributed by atoms with van der Waals surface area (Å²) in [6.07, 6.45) is 1.89. The van der Waals surface area contributed by atoms with Crippen LogP contribution in [0.25, 0.3) is 11.3 Å². The summed E-state index contributed by atoms with van der Waals surface area (Å²) >= 11 is 0. The van der Waals surface area contributed by atoms with Crippen LogP contribution < -0.4 is 5.73 Å². The minimum atomic E-state index is 0.542. The zero-order valence-corrected chi connectivity index (χ0v) is 10.3. The second-order valence-electron chi connectivity index (χ2n) is 4.21. The lowest BCUT2D eigenvalue weighted by molar-refractivity contribution is 0.839. The van der Waals surface area contributed by atoms with Crippen LogP contribution >= 0.6 is 0 Å². The standard InChI is InChI=1S/C14H17N3/c1-3-5-14-16-12(9-13(15)17-14)11-7-4-6-10(2)8-11/h4,6-9H,3,5H2,1-2H3,(H2,15,16,17). The number of aromatic nitrogens is 2. The molecule has 0 radical (unpaired) electrons. The molecule has 0 saturated carbocycles. The molecule has 17 heavy (non-hydrogen) atoms. The maximum Gasteiger partial charge on any atom is 0.131 e. The Morgan fingerprint density at radius 3 is 2.71 bits per heavy atom. The van der Waals surface area contributed by atoms with E-state index < -0.39 is 0 Å². The lowest BCUT2D eigenvalue weighted by Crippen LogP contribution is -2.01. The highest BCUT2D eigenvalue weighted by Gasteiger charge is 2.04. The summed E-state index contributed by atoms with van der Waals surface area (Å²) in [6, 6.07) is 10.1. The molecule has 3 heteroatoms. The molecule has 0 aliphatic heterocycles. The van der Waals surface area contributed by atoms with E-state index in [1.807, 2.05) is 18.2 Å². The minimum absolute atomic E-state index is 0.542. The van der Waals surface area contributed by atoms with Crippen molar-refractivity contribution in [2.24, 2.45) is 0 Å². The smallest absolute Gasteiger partial charge is 0.131 e. The summed E-state index contributed by atoms with van der Waals surface area (Å²) in [5, 5.41) is 0. The van der Waals surface area contributed by atoms with E-state index in [0.29, 0.717) is 5.82 Å². The molecule has 0 fully saturated rings. The van der Waals surface area contributed by atoms with E-state index in [1.165, 1.54) is 5.56 Å². The maximum absolute atomic E-state index is 5.81. The topological polar surface area (TPSA) is 51.8 Å². The van der Waals surface area contributed by atoms with Gasteiger partial charge in [-0.05, 0) is 19.4 Å². The van der Waals surface area contributed by atoms with E-state index in [0.717, 1.165) is 29.9 Å². The summed E-state index contributed by atoms with van der Waals surface area (Å²) < 4.78 is 0. The molecule has 1 heterocycles. The van der Waals surface area contributed by atoms with Crippen molar-refractivity contribution in [2.45, 2.75) is 26.7 Å². The summed E-state index contributed by atoms with van der Waals surface area (Å²) in [5.41, 5.74) is 9.03. The van der Waals surface area contributed by atoms with Crippen molar-refractivity contribution in [3.63, 3.8) is 0 Å². The van der Waals surface area contributed by atoms with Gasteiger partial charge in [-0.3, -0.25) is 0 Å². The lowest BCUT2D eigenvalue weighted by atomic mass is 10.1. The maximum atomic E-state index is 5.81. The second-order valence-corrected chi connectivity index (χ2v) is 4.21. The fourth-order valence-electron chi connectivity index (χ4n) is 1.81. The molecule has 0 bridgehead atoms. The van der Waals surface area contributed by atoms with Crippen LogP contribution in [0, 0.1) is 6.92 Å². The highest BCUT2D eigenvalue weighted by Crippen LogP contribution is 2.20. The third kappa shape index (κ3) is 2.81. The monoisotopic (exact) mass is 227 g/mol. The SMILES string of the molecule is CCCc1nc(N)cc(-c2cccc(C)c2)n1. The summed E-state index contributed by atoms with van der Waals surface area (Å²) in [4.78, 5) is 8.78. The molecule has 0 unspecified atom stereocenters. The number of rotatable bonds is 3. The molecule has 0 atom stereocenters. The van der Waals surface area contributed by atoms with Gasteiger partial charge in [0.05, 0.1) is 5.69 Å². The van der Waals surface area contributed by atoms with Crippen molar-refractivity contribution in [2.75, 3.05) is 5.73 Å². The van der Waals surface area contributed by atoms with E-state index in [4.69, 9.17) is 5.73 Å². The predicted octanol–water partition coefficient (Wildman–Crippen LogP) is 2.99. The molecule has 0 saturated heterocycles. The van der Waals surface area contributed by atoms with Crippen LogP contribution in [-0.4, -0.2) is 9.97 Å². The molecular formula is C14H17N3. The van der Waals surface area contributed by atoms with Crippen LogP contribution in [-0.2, 0) is 6.42 Å². The van der Waals surface area contributed by atoms with E-state index >= 15 is 0 Å². The Hall–Kier alpha value is -1.90. The number of anilines is 1. The lowest BCUT2D eigenvalue weighted by Gasteiger charge is -2.06. The van der Waals surface area contributed by atoms with Gasteiger partial charge in [0.25, 0.3) is 0 Å². The Bertz CT molecular complexity index is 521. The average molecular weight is 227 g/mol. The van der Waals surface area contributed by atoms with Crippen molar-refractivity contribution >= 4 is 5.82 Å². The van der Waals surface area contributed by atoms with Gasteiger partial charge in [0.15, 0.2) is 0 Å². The van der Waals surface area contributed by atoms with Gasteiger partial charge in [0.2, 0.25) is 0 Å². The van der Waals surface area contributed by atoms with Crippen molar-refractivity contribution in [1.82, 2.24) is 9.97 Å². The zero-order valence-electron chi connectivity index (χ0n) is 10.3. The van der Waals surface area contributed by atoms with Gasteiger partial charge in [0, 0.05) is 18.1 Å². The number of hydrogen-bond donors (Lipinski definition) is 1. The normalized spacial score (nSPS) is 10.5. The largest absolute Gasteiger partial charge is 0.384 e. The van der Waals surface area contributed by atoms with Gasteiger partial charge in [-0.2, -0.15) is 0 Å². The molecule has 2 rings (SSSR count). The highest BCUT2D eigenvalue weighted by molar-refractivity contribution is 5.62. The Balaban J connectivity index is 2.44.